The minimum atomic E-state index is 0.0450. The number of hydrogen-bond donors (Lipinski definition) is 1. The number of benzene rings is 1. The lowest BCUT2D eigenvalue weighted by Gasteiger charge is -2.31. The summed E-state index contributed by atoms with van der Waals surface area (Å²) in [6.07, 6.45) is 2.46. The van der Waals surface area contributed by atoms with Gasteiger partial charge in [-0.25, -0.2) is 0 Å². The first-order valence-corrected chi connectivity index (χ1v) is 7.51. The molecule has 0 bridgehead atoms. The lowest BCUT2D eigenvalue weighted by molar-refractivity contribution is -0.116. The number of nitrogens with zero attached hydrogens (tertiary/aromatic N) is 1. The first kappa shape index (κ1) is 15.1. The summed E-state index contributed by atoms with van der Waals surface area (Å²) >= 11 is 6.32. The van der Waals surface area contributed by atoms with Gasteiger partial charge in [0.1, 0.15) is 0 Å². The van der Waals surface area contributed by atoms with Crippen LogP contribution in [0, 0.1) is 0 Å². The molecule has 1 aromatic carbocycles. The molecule has 1 aliphatic rings. The standard InChI is InChI=1S/C15H21ClN2O2/c1-2-3-7-14(19)17-13-6-4-5-12(16)15(13)18-8-10-20-11-9-18/h4-6H,2-3,7-11H2,1H3,(H,17,19). The number of morpholine rings is 1. The van der Waals surface area contributed by atoms with Crippen molar-refractivity contribution >= 4 is 28.9 Å². The second-order valence-electron chi connectivity index (χ2n) is 4.89. The molecule has 0 atom stereocenters. The number of hydrogen-bond acceptors (Lipinski definition) is 3. The quantitative estimate of drug-likeness (QED) is 0.906. The number of amides is 1. The van der Waals surface area contributed by atoms with E-state index in [9.17, 15) is 4.79 Å². The Morgan fingerprint density at radius 1 is 1.40 bits per heavy atom. The maximum atomic E-state index is 11.9. The van der Waals surface area contributed by atoms with Crippen LogP contribution in [0.3, 0.4) is 0 Å². The molecule has 110 valence electrons. The number of carbonyl (C=O) groups excluding carboxylic acids is 1. The molecule has 0 saturated carbocycles. The highest BCUT2D eigenvalue weighted by atomic mass is 35.5. The molecule has 1 saturated heterocycles. The van der Waals surface area contributed by atoms with Gasteiger partial charge in [0.05, 0.1) is 29.6 Å². The Labute approximate surface area is 125 Å². The van der Waals surface area contributed by atoms with E-state index in [4.69, 9.17) is 16.3 Å². The minimum absolute atomic E-state index is 0.0450. The summed E-state index contributed by atoms with van der Waals surface area (Å²) in [5.41, 5.74) is 1.70. The number of nitrogens with one attached hydrogen (secondary N) is 1. The molecule has 1 N–H and O–H groups in total. The van der Waals surface area contributed by atoms with Crippen LogP contribution >= 0.6 is 11.6 Å². The summed E-state index contributed by atoms with van der Waals surface area (Å²) < 4.78 is 5.36. The van der Waals surface area contributed by atoms with E-state index in [0.29, 0.717) is 24.7 Å². The molecule has 5 heteroatoms. The smallest absolute Gasteiger partial charge is 0.224 e. The number of halogens is 1. The lowest BCUT2D eigenvalue weighted by Crippen LogP contribution is -2.37. The van der Waals surface area contributed by atoms with Crippen LogP contribution in [0.25, 0.3) is 0 Å². The fraction of sp³-hybridized carbons (Fsp3) is 0.533. The van der Waals surface area contributed by atoms with E-state index < -0.39 is 0 Å². The number of rotatable bonds is 5. The summed E-state index contributed by atoms with van der Waals surface area (Å²) in [6, 6.07) is 5.62. The van der Waals surface area contributed by atoms with Crippen LogP contribution in [0.2, 0.25) is 5.02 Å². The topological polar surface area (TPSA) is 41.6 Å². The average Bonchev–Trinajstić information content (AvgIpc) is 2.46. The molecule has 0 unspecified atom stereocenters. The van der Waals surface area contributed by atoms with E-state index in [1.165, 1.54) is 0 Å². The molecule has 1 fully saturated rings. The second-order valence-corrected chi connectivity index (χ2v) is 5.29. The molecule has 1 amide bonds. The average molecular weight is 297 g/mol. The summed E-state index contributed by atoms with van der Waals surface area (Å²) in [5, 5.41) is 3.64. The largest absolute Gasteiger partial charge is 0.378 e. The Hall–Kier alpha value is -1.26. The fourth-order valence-electron chi connectivity index (χ4n) is 2.27. The Balaban J connectivity index is 2.15. The van der Waals surface area contributed by atoms with Gasteiger partial charge in [0.15, 0.2) is 0 Å². The summed E-state index contributed by atoms with van der Waals surface area (Å²) in [7, 11) is 0. The highest BCUT2D eigenvalue weighted by molar-refractivity contribution is 6.34. The van der Waals surface area contributed by atoms with E-state index in [-0.39, 0.29) is 5.91 Å². The zero-order valence-corrected chi connectivity index (χ0v) is 12.6. The van der Waals surface area contributed by atoms with Gasteiger partial charge >= 0.3 is 0 Å². The molecule has 1 aliphatic heterocycles. The van der Waals surface area contributed by atoms with E-state index >= 15 is 0 Å². The van der Waals surface area contributed by atoms with Crippen molar-refractivity contribution in [3.05, 3.63) is 23.2 Å². The Bertz CT molecular complexity index is 459. The molecule has 2 rings (SSSR count). The molecule has 20 heavy (non-hydrogen) atoms. The van der Waals surface area contributed by atoms with Crippen molar-refractivity contribution in [3.63, 3.8) is 0 Å². The third-order valence-electron chi connectivity index (χ3n) is 3.35. The fourth-order valence-corrected chi connectivity index (χ4v) is 2.57. The number of anilines is 2. The van der Waals surface area contributed by atoms with E-state index in [1.54, 1.807) is 0 Å². The molecule has 0 radical (unpaired) electrons. The van der Waals surface area contributed by atoms with Crippen LogP contribution in [-0.4, -0.2) is 32.2 Å². The highest BCUT2D eigenvalue weighted by Gasteiger charge is 2.18. The second kappa shape index (κ2) is 7.50. The monoisotopic (exact) mass is 296 g/mol. The van der Waals surface area contributed by atoms with Gasteiger partial charge in [-0.1, -0.05) is 31.0 Å². The summed E-state index contributed by atoms with van der Waals surface area (Å²) in [5.74, 6) is 0.0450. The van der Waals surface area contributed by atoms with Crippen molar-refractivity contribution in [1.82, 2.24) is 0 Å². The zero-order chi connectivity index (χ0) is 14.4. The molecular weight excluding hydrogens is 276 g/mol. The molecule has 0 aliphatic carbocycles. The number of carbonyl (C=O) groups is 1. The normalized spacial score (nSPS) is 15.2. The van der Waals surface area contributed by atoms with Crippen LogP contribution in [0.4, 0.5) is 11.4 Å². The van der Waals surface area contributed by atoms with Gasteiger partial charge in [0.25, 0.3) is 0 Å². The van der Waals surface area contributed by atoms with Gasteiger partial charge in [0.2, 0.25) is 5.91 Å². The molecule has 1 heterocycles. The van der Waals surface area contributed by atoms with Crippen molar-refractivity contribution < 1.29 is 9.53 Å². The van der Waals surface area contributed by atoms with Crippen molar-refractivity contribution in [2.24, 2.45) is 0 Å². The third-order valence-corrected chi connectivity index (χ3v) is 3.65. The molecule has 4 nitrogen and oxygen atoms in total. The van der Waals surface area contributed by atoms with Gasteiger partial charge in [-0.2, -0.15) is 0 Å². The Kier molecular flexibility index (Phi) is 5.68. The van der Waals surface area contributed by atoms with Crippen LogP contribution in [0.15, 0.2) is 18.2 Å². The van der Waals surface area contributed by atoms with E-state index in [2.05, 4.69) is 17.1 Å². The minimum Gasteiger partial charge on any atom is -0.378 e. The molecular formula is C15H21ClN2O2. The maximum Gasteiger partial charge on any atom is 0.224 e. The van der Waals surface area contributed by atoms with Gasteiger partial charge in [-0.3, -0.25) is 4.79 Å². The predicted octanol–water partition coefficient (Wildman–Crippen LogP) is 3.31. The molecule has 0 spiro atoms. The number of ether oxygens (including phenoxy) is 1. The Morgan fingerprint density at radius 3 is 2.85 bits per heavy atom. The van der Waals surface area contributed by atoms with Gasteiger partial charge < -0.3 is 15.0 Å². The zero-order valence-electron chi connectivity index (χ0n) is 11.8. The van der Waals surface area contributed by atoms with Crippen LogP contribution in [-0.2, 0) is 9.53 Å². The summed E-state index contributed by atoms with van der Waals surface area (Å²) in [4.78, 5) is 14.1. The van der Waals surface area contributed by atoms with E-state index in [0.717, 1.165) is 37.3 Å². The van der Waals surface area contributed by atoms with Gasteiger partial charge in [0, 0.05) is 19.5 Å². The molecule has 1 aromatic rings. The van der Waals surface area contributed by atoms with Crippen LogP contribution < -0.4 is 10.2 Å². The first-order chi connectivity index (χ1) is 9.72. The lowest BCUT2D eigenvalue weighted by atomic mass is 10.2. The van der Waals surface area contributed by atoms with Crippen molar-refractivity contribution in [2.45, 2.75) is 26.2 Å². The van der Waals surface area contributed by atoms with E-state index in [1.807, 2.05) is 18.2 Å². The van der Waals surface area contributed by atoms with Gasteiger partial charge in [-0.15, -0.1) is 0 Å². The van der Waals surface area contributed by atoms with Crippen molar-refractivity contribution in [3.8, 4) is 0 Å². The van der Waals surface area contributed by atoms with Gasteiger partial charge in [-0.05, 0) is 18.6 Å². The number of unbranched alkanes of at least 4 members (excludes halogenated alkanes) is 1. The van der Waals surface area contributed by atoms with Crippen molar-refractivity contribution in [2.75, 3.05) is 36.5 Å². The SMILES string of the molecule is CCCCC(=O)Nc1cccc(Cl)c1N1CCOCC1. The maximum absolute atomic E-state index is 11.9. The summed E-state index contributed by atoms with van der Waals surface area (Å²) in [6.45, 7) is 5.04. The van der Waals surface area contributed by atoms with Crippen LogP contribution in [0.5, 0.6) is 0 Å². The van der Waals surface area contributed by atoms with Crippen LogP contribution in [0.1, 0.15) is 26.2 Å². The van der Waals surface area contributed by atoms with Crippen molar-refractivity contribution in [1.29, 1.82) is 0 Å². The molecule has 0 aromatic heterocycles. The third kappa shape index (κ3) is 3.87. The Morgan fingerprint density at radius 2 is 2.15 bits per heavy atom. The number of para-hydroxylation sites is 1. The highest BCUT2D eigenvalue weighted by Crippen LogP contribution is 2.34. The first-order valence-electron chi connectivity index (χ1n) is 7.13. The predicted molar refractivity (Wildman–Crippen MR) is 82.6 cm³/mol.